The number of nitrogens with zero attached hydrogens (tertiary/aromatic N) is 3. The van der Waals surface area contributed by atoms with Crippen LogP contribution in [0.25, 0.3) is 0 Å². The van der Waals surface area contributed by atoms with E-state index in [0.717, 1.165) is 11.4 Å². The van der Waals surface area contributed by atoms with E-state index in [9.17, 15) is 9.59 Å². The summed E-state index contributed by atoms with van der Waals surface area (Å²) in [4.78, 5) is 30.9. The number of hydrogen-bond acceptors (Lipinski definition) is 5. The van der Waals surface area contributed by atoms with Crippen LogP contribution in [0.4, 0.5) is 5.82 Å². The van der Waals surface area contributed by atoms with Crippen LogP contribution in [0.2, 0.25) is 0 Å². The summed E-state index contributed by atoms with van der Waals surface area (Å²) in [6.45, 7) is 0.559. The molecule has 1 aromatic rings. The monoisotopic (exact) mass is 294 g/mol. The third-order valence-electron chi connectivity index (χ3n) is 2.92. The Bertz CT molecular complexity index is 490. The van der Waals surface area contributed by atoms with Gasteiger partial charge in [0.25, 0.3) is 0 Å². The number of anilines is 1. The molecule has 1 aliphatic heterocycles. The summed E-state index contributed by atoms with van der Waals surface area (Å²) < 4.78 is 0. The average molecular weight is 294 g/mol. The number of aromatic nitrogens is 1. The first kappa shape index (κ1) is 14.6. The number of hydrogen-bond donors (Lipinski definition) is 1. The molecule has 0 aliphatic carbocycles. The van der Waals surface area contributed by atoms with Crippen molar-refractivity contribution in [1.29, 1.82) is 0 Å². The Kier molecular flexibility index (Phi) is 4.84. The lowest BCUT2D eigenvalue weighted by molar-refractivity contribution is -0.132. The lowest BCUT2D eigenvalue weighted by Crippen LogP contribution is -2.37. The Morgan fingerprint density at radius 1 is 1.50 bits per heavy atom. The van der Waals surface area contributed by atoms with E-state index in [-0.39, 0.29) is 18.4 Å². The summed E-state index contributed by atoms with van der Waals surface area (Å²) in [5, 5.41) is 2.80. The topological polar surface area (TPSA) is 65.5 Å². The van der Waals surface area contributed by atoms with Gasteiger partial charge in [0.05, 0.1) is 11.6 Å². The fourth-order valence-electron chi connectivity index (χ4n) is 1.76. The van der Waals surface area contributed by atoms with E-state index in [0.29, 0.717) is 18.2 Å². The van der Waals surface area contributed by atoms with E-state index in [1.807, 2.05) is 31.1 Å². The van der Waals surface area contributed by atoms with Crippen LogP contribution in [0, 0.1) is 0 Å². The molecule has 1 aromatic heterocycles. The SMILES string of the molecule is CN(C)c1ccc(CNC(=O)CN2CSCC2=O)cn1. The van der Waals surface area contributed by atoms with Crippen molar-refractivity contribution in [2.24, 2.45) is 0 Å². The molecule has 6 nitrogen and oxygen atoms in total. The molecule has 0 atom stereocenters. The second-order valence-corrected chi connectivity index (χ2v) is 5.72. The van der Waals surface area contributed by atoms with E-state index < -0.39 is 0 Å². The molecule has 2 rings (SSSR count). The molecule has 20 heavy (non-hydrogen) atoms. The minimum atomic E-state index is -0.141. The minimum absolute atomic E-state index is 0.0298. The highest BCUT2D eigenvalue weighted by molar-refractivity contribution is 8.00. The number of nitrogens with one attached hydrogen (secondary N) is 1. The molecule has 2 amide bonds. The first-order valence-electron chi connectivity index (χ1n) is 6.31. The van der Waals surface area contributed by atoms with E-state index in [4.69, 9.17) is 0 Å². The summed E-state index contributed by atoms with van der Waals surface area (Å²) in [5.41, 5.74) is 0.936. The molecular formula is C13H18N4O2S. The zero-order valence-corrected chi connectivity index (χ0v) is 12.4. The number of carbonyl (C=O) groups is 2. The van der Waals surface area contributed by atoms with Gasteiger partial charge in [0.15, 0.2) is 0 Å². The van der Waals surface area contributed by atoms with Crippen LogP contribution in [0.3, 0.4) is 0 Å². The molecule has 2 heterocycles. The lowest BCUT2D eigenvalue weighted by Gasteiger charge is -2.14. The summed E-state index contributed by atoms with van der Waals surface area (Å²) in [6, 6.07) is 3.83. The Balaban J connectivity index is 1.79. The van der Waals surface area contributed by atoms with Crippen LogP contribution in [0.5, 0.6) is 0 Å². The number of carbonyl (C=O) groups excluding carboxylic acids is 2. The molecule has 0 spiro atoms. The van der Waals surface area contributed by atoms with Gasteiger partial charge in [0.2, 0.25) is 11.8 Å². The van der Waals surface area contributed by atoms with Gasteiger partial charge in [0, 0.05) is 26.8 Å². The predicted octanol–water partition coefficient (Wildman–Crippen LogP) is 0.297. The summed E-state index contributed by atoms with van der Waals surface area (Å²) in [5.74, 6) is 1.84. The quantitative estimate of drug-likeness (QED) is 0.846. The standard InChI is InChI=1S/C13H18N4O2S/c1-16(2)11-4-3-10(5-14-11)6-15-12(18)7-17-9-20-8-13(17)19/h3-5H,6-9H2,1-2H3,(H,15,18). The lowest BCUT2D eigenvalue weighted by atomic mass is 10.2. The minimum Gasteiger partial charge on any atom is -0.363 e. The van der Waals surface area contributed by atoms with E-state index in [1.54, 1.807) is 11.1 Å². The highest BCUT2D eigenvalue weighted by Gasteiger charge is 2.22. The van der Waals surface area contributed by atoms with Crippen molar-refractivity contribution in [3.8, 4) is 0 Å². The van der Waals surface area contributed by atoms with Crippen molar-refractivity contribution < 1.29 is 9.59 Å². The number of thioether (sulfide) groups is 1. The highest BCUT2D eigenvalue weighted by atomic mass is 32.2. The second kappa shape index (κ2) is 6.60. The third kappa shape index (κ3) is 3.86. The van der Waals surface area contributed by atoms with Gasteiger partial charge in [-0.1, -0.05) is 6.07 Å². The van der Waals surface area contributed by atoms with Crippen molar-refractivity contribution in [3.63, 3.8) is 0 Å². The maximum absolute atomic E-state index is 11.8. The van der Waals surface area contributed by atoms with E-state index in [1.165, 1.54) is 11.8 Å². The number of rotatable bonds is 5. The van der Waals surface area contributed by atoms with Crippen LogP contribution in [-0.4, -0.2) is 54.0 Å². The van der Waals surface area contributed by atoms with Gasteiger partial charge in [-0.25, -0.2) is 4.98 Å². The van der Waals surface area contributed by atoms with Gasteiger partial charge >= 0.3 is 0 Å². The molecule has 7 heteroatoms. The Morgan fingerprint density at radius 2 is 2.30 bits per heavy atom. The second-order valence-electron chi connectivity index (χ2n) is 4.77. The summed E-state index contributed by atoms with van der Waals surface area (Å²) in [7, 11) is 3.85. The van der Waals surface area contributed by atoms with Gasteiger partial charge in [-0.05, 0) is 11.6 Å². The first-order chi connectivity index (χ1) is 9.56. The maximum Gasteiger partial charge on any atom is 0.239 e. The van der Waals surface area contributed by atoms with E-state index >= 15 is 0 Å². The predicted molar refractivity (Wildman–Crippen MR) is 79.4 cm³/mol. The zero-order chi connectivity index (χ0) is 14.5. The van der Waals surface area contributed by atoms with E-state index in [2.05, 4.69) is 10.3 Å². The smallest absolute Gasteiger partial charge is 0.239 e. The Morgan fingerprint density at radius 3 is 2.85 bits per heavy atom. The fraction of sp³-hybridized carbons (Fsp3) is 0.462. The molecule has 108 valence electrons. The maximum atomic E-state index is 11.8. The number of pyridine rings is 1. The van der Waals surface area contributed by atoms with Crippen molar-refractivity contribution >= 4 is 29.4 Å². The van der Waals surface area contributed by atoms with Crippen molar-refractivity contribution in [2.45, 2.75) is 6.54 Å². The molecule has 0 radical (unpaired) electrons. The van der Waals surface area contributed by atoms with Crippen molar-refractivity contribution in [2.75, 3.05) is 37.2 Å². The third-order valence-corrected chi connectivity index (χ3v) is 3.86. The fourth-order valence-corrected chi connectivity index (χ4v) is 2.66. The van der Waals surface area contributed by atoms with Crippen LogP contribution < -0.4 is 10.2 Å². The summed E-state index contributed by atoms with van der Waals surface area (Å²) >= 11 is 1.53. The molecule has 0 aromatic carbocycles. The molecule has 1 aliphatic rings. The van der Waals surface area contributed by atoms with Crippen LogP contribution >= 0.6 is 11.8 Å². The largest absolute Gasteiger partial charge is 0.363 e. The van der Waals surface area contributed by atoms with Crippen molar-refractivity contribution in [3.05, 3.63) is 23.9 Å². The van der Waals surface area contributed by atoms with Crippen LogP contribution in [-0.2, 0) is 16.1 Å². The van der Waals surface area contributed by atoms with Gasteiger partial charge in [-0.3, -0.25) is 9.59 Å². The Labute approximate surface area is 122 Å². The van der Waals surface area contributed by atoms with Crippen LogP contribution in [0.15, 0.2) is 18.3 Å². The molecule has 0 saturated carbocycles. The first-order valence-corrected chi connectivity index (χ1v) is 7.46. The highest BCUT2D eigenvalue weighted by Crippen LogP contribution is 2.14. The molecule has 1 N–H and O–H groups in total. The van der Waals surface area contributed by atoms with Gasteiger partial charge < -0.3 is 15.1 Å². The van der Waals surface area contributed by atoms with Gasteiger partial charge in [0.1, 0.15) is 12.4 Å². The molecule has 0 unspecified atom stereocenters. The molecule has 0 bridgehead atoms. The van der Waals surface area contributed by atoms with Gasteiger partial charge in [-0.2, -0.15) is 0 Å². The molecular weight excluding hydrogens is 276 g/mol. The summed E-state index contributed by atoms with van der Waals surface area (Å²) in [6.07, 6.45) is 1.74. The molecule has 1 saturated heterocycles. The van der Waals surface area contributed by atoms with Crippen LogP contribution in [0.1, 0.15) is 5.56 Å². The number of amides is 2. The van der Waals surface area contributed by atoms with Crippen molar-refractivity contribution in [1.82, 2.24) is 15.2 Å². The van der Waals surface area contributed by atoms with Gasteiger partial charge in [-0.15, -0.1) is 11.8 Å². The molecule has 1 fully saturated rings. The zero-order valence-electron chi connectivity index (χ0n) is 11.6. The average Bonchev–Trinajstić information content (AvgIpc) is 2.82. The Hall–Kier alpha value is -1.76. The normalized spacial score (nSPS) is 14.5.